The van der Waals surface area contributed by atoms with E-state index < -0.39 is 15.7 Å². The zero-order valence-corrected chi connectivity index (χ0v) is 21.4. The molecule has 1 aromatic heterocycles. The van der Waals surface area contributed by atoms with Crippen molar-refractivity contribution >= 4 is 27.0 Å². The summed E-state index contributed by atoms with van der Waals surface area (Å²) in [7, 11) is -3.54. The molecule has 0 N–H and O–H groups in total. The maximum atomic E-state index is 14.5. The zero-order chi connectivity index (χ0) is 25.8. The standard InChI is InChI=1S/C26H27FN3O5S/c1-15-11-21-24(17(3)31)22(12-15)30(21)9-7-18(8-10-30)34-25-16(2)26(29-14-28-25)35-23-6-5-19(13-20(23)27)36(4,32)33/h5-6,11-14,18H,7-10H2,1-4H3/q+1. The average molecular weight is 513 g/mol. The van der Waals surface area contributed by atoms with E-state index in [1.807, 2.05) is 6.92 Å². The molecule has 0 amide bonds. The zero-order valence-electron chi connectivity index (χ0n) is 20.5. The second-order valence-electron chi connectivity index (χ2n) is 9.54. The normalized spacial score (nSPS) is 16.5. The predicted octanol–water partition coefficient (Wildman–Crippen LogP) is 4.82. The van der Waals surface area contributed by atoms with Crippen LogP contribution in [0.1, 0.15) is 41.3 Å². The maximum absolute atomic E-state index is 14.5. The molecular weight excluding hydrogens is 485 g/mol. The lowest BCUT2D eigenvalue weighted by Gasteiger charge is -2.49. The number of quaternary nitrogens is 1. The van der Waals surface area contributed by atoms with Crippen molar-refractivity contribution in [1.82, 2.24) is 14.5 Å². The molecule has 5 rings (SSSR count). The molecule has 0 aliphatic carbocycles. The van der Waals surface area contributed by atoms with Crippen molar-refractivity contribution in [2.75, 3.05) is 19.3 Å². The van der Waals surface area contributed by atoms with Gasteiger partial charge in [-0.15, -0.1) is 0 Å². The molecule has 0 radical (unpaired) electrons. The van der Waals surface area contributed by atoms with Gasteiger partial charge in [-0.25, -0.2) is 22.8 Å². The molecule has 0 saturated carbocycles. The maximum Gasteiger partial charge on any atom is 0.229 e. The number of Topliss-reactive ketones (excluding diaryl/α,β-unsaturated/α-hetero) is 1. The smallest absolute Gasteiger partial charge is 0.229 e. The molecule has 10 heteroatoms. The molecule has 3 heterocycles. The summed E-state index contributed by atoms with van der Waals surface area (Å²) in [6.07, 6.45) is 3.78. The molecule has 3 aromatic rings. The number of nitrogens with zero attached hydrogens (tertiary/aromatic N) is 3. The second kappa shape index (κ2) is 8.63. The third-order valence-electron chi connectivity index (χ3n) is 6.99. The highest BCUT2D eigenvalue weighted by atomic mass is 32.2. The van der Waals surface area contributed by atoms with Gasteiger partial charge in [0, 0.05) is 31.2 Å². The fourth-order valence-electron chi connectivity index (χ4n) is 5.14. The number of carbonyl (C=O) groups is 1. The van der Waals surface area contributed by atoms with Gasteiger partial charge < -0.3 is 9.47 Å². The first-order valence-corrected chi connectivity index (χ1v) is 13.6. The quantitative estimate of drug-likeness (QED) is 0.345. The number of hydrogen-bond donors (Lipinski definition) is 0. The number of rotatable bonds is 6. The van der Waals surface area contributed by atoms with Crippen LogP contribution in [0.2, 0.25) is 0 Å². The molecule has 1 fully saturated rings. The van der Waals surface area contributed by atoms with Crippen molar-refractivity contribution < 1.29 is 27.1 Å². The molecule has 1 saturated heterocycles. The van der Waals surface area contributed by atoms with Crippen LogP contribution >= 0.6 is 0 Å². The van der Waals surface area contributed by atoms with Crippen molar-refractivity contribution in [3.8, 4) is 17.5 Å². The van der Waals surface area contributed by atoms with Gasteiger partial charge in [-0.05, 0) is 44.5 Å². The number of ether oxygens (including phenoxy) is 2. The lowest BCUT2D eigenvalue weighted by molar-refractivity contribution is 0.0979. The Hall–Kier alpha value is -3.37. The molecule has 2 aromatic carbocycles. The van der Waals surface area contributed by atoms with Crippen LogP contribution in [0.5, 0.6) is 17.5 Å². The van der Waals surface area contributed by atoms with Gasteiger partial charge in [0.05, 0.1) is 23.5 Å². The predicted molar refractivity (Wildman–Crippen MR) is 132 cm³/mol. The highest BCUT2D eigenvalue weighted by Gasteiger charge is 2.51. The van der Waals surface area contributed by atoms with Gasteiger partial charge in [0.2, 0.25) is 11.8 Å². The first-order valence-electron chi connectivity index (χ1n) is 11.7. The van der Waals surface area contributed by atoms with Crippen molar-refractivity contribution in [3.63, 3.8) is 0 Å². The second-order valence-corrected chi connectivity index (χ2v) is 11.6. The minimum absolute atomic E-state index is 0.0747. The van der Waals surface area contributed by atoms with E-state index in [2.05, 4.69) is 22.1 Å². The number of fused-ring (bicyclic) bond motifs is 4. The number of sulfone groups is 1. The Labute approximate surface area is 209 Å². The summed E-state index contributed by atoms with van der Waals surface area (Å²) in [5.41, 5.74) is 4.74. The summed E-state index contributed by atoms with van der Waals surface area (Å²) in [5.74, 6) is -0.361. The van der Waals surface area contributed by atoms with E-state index in [4.69, 9.17) is 9.47 Å². The fourth-order valence-corrected chi connectivity index (χ4v) is 5.78. The van der Waals surface area contributed by atoms with Gasteiger partial charge in [-0.2, -0.15) is 0 Å². The number of ketones is 1. The van der Waals surface area contributed by atoms with E-state index in [-0.39, 0.29) is 28.4 Å². The molecule has 1 spiro atoms. The van der Waals surface area contributed by atoms with E-state index in [0.717, 1.165) is 59.7 Å². The van der Waals surface area contributed by atoms with Gasteiger partial charge in [-0.3, -0.25) is 9.28 Å². The molecular formula is C26H27FN3O5S+. The fraction of sp³-hybridized carbons (Fsp3) is 0.346. The monoisotopic (exact) mass is 512 g/mol. The van der Waals surface area contributed by atoms with E-state index in [1.54, 1.807) is 13.8 Å². The Morgan fingerprint density at radius 3 is 2.28 bits per heavy atom. The van der Waals surface area contributed by atoms with E-state index in [1.165, 1.54) is 24.0 Å². The van der Waals surface area contributed by atoms with Gasteiger partial charge in [0.15, 0.2) is 38.6 Å². The lowest BCUT2D eigenvalue weighted by atomic mass is 9.86. The number of halogens is 1. The van der Waals surface area contributed by atoms with Crippen LogP contribution in [0, 0.1) is 19.7 Å². The number of benzene rings is 2. The van der Waals surface area contributed by atoms with Crippen molar-refractivity contribution in [2.45, 2.75) is 44.6 Å². The number of hydrogen-bond acceptors (Lipinski definition) is 7. The molecule has 188 valence electrons. The Morgan fingerprint density at radius 1 is 1.06 bits per heavy atom. The largest absolute Gasteiger partial charge is 0.474 e. The van der Waals surface area contributed by atoms with Gasteiger partial charge >= 0.3 is 0 Å². The summed E-state index contributed by atoms with van der Waals surface area (Å²) in [6.45, 7) is 7.06. The van der Waals surface area contributed by atoms with Crippen LogP contribution in [0.25, 0.3) is 0 Å². The van der Waals surface area contributed by atoms with Crippen LogP contribution in [0.15, 0.2) is 41.6 Å². The lowest BCUT2D eigenvalue weighted by Crippen LogP contribution is -2.57. The molecule has 0 atom stereocenters. The third-order valence-corrected chi connectivity index (χ3v) is 8.10. The van der Waals surface area contributed by atoms with Crippen molar-refractivity contribution in [2.24, 2.45) is 0 Å². The van der Waals surface area contributed by atoms with Crippen LogP contribution in [-0.4, -0.2) is 49.6 Å². The van der Waals surface area contributed by atoms with Crippen molar-refractivity contribution in [1.29, 1.82) is 0 Å². The number of piperidine rings is 1. The Kier molecular flexibility index (Phi) is 5.83. The van der Waals surface area contributed by atoms with Crippen molar-refractivity contribution in [3.05, 3.63) is 59.2 Å². The van der Waals surface area contributed by atoms with Crippen LogP contribution < -0.4 is 14.0 Å². The third kappa shape index (κ3) is 4.04. The Bertz CT molecular complexity index is 1470. The number of aromatic nitrogens is 2. The highest BCUT2D eigenvalue weighted by Crippen LogP contribution is 2.54. The van der Waals surface area contributed by atoms with Gasteiger partial charge in [-0.1, -0.05) is 0 Å². The number of aryl methyl sites for hydroxylation is 1. The van der Waals surface area contributed by atoms with E-state index in [9.17, 15) is 17.6 Å². The first kappa shape index (κ1) is 24.3. The summed E-state index contributed by atoms with van der Waals surface area (Å²) < 4.78 is 50.4. The van der Waals surface area contributed by atoms with E-state index in [0.29, 0.717) is 11.4 Å². The van der Waals surface area contributed by atoms with Gasteiger partial charge in [0.1, 0.15) is 18.0 Å². The Morgan fingerprint density at radius 2 is 1.69 bits per heavy atom. The topological polar surface area (TPSA) is 95.4 Å². The molecule has 36 heavy (non-hydrogen) atoms. The highest BCUT2D eigenvalue weighted by molar-refractivity contribution is 7.90. The van der Waals surface area contributed by atoms with Crippen LogP contribution in [-0.2, 0) is 9.84 Å². The minimum atomic E-state index is -3.54. The van der Waals surface area contributed by atoms with Gasteiger partial charge in [0.25, 0.3) is 0 Å². The SMILES string of the molecule is CC(=O)c1c2cc(C)cc1[N+]21CCC(Oc2ncnc(Oc3ccc(S(C)(=O)=O)cc3F)c2C)CC1. The Balaban J connectivity index is 1.29. The number of carbonyl (C=O) groups excluding carboxylic acids is 1. The molecule has 2 bridgehead atoms. The summed E-state index contributed by atoms with van der Waals surface area (Å²) in [4.78, 5) is 20.3. The minimum Gasteiger partial charge on any atom is -0.474 e. The average Bonchev–Trinajstić information content (AvgIpc) is 2.82. The molecule has 0 unspecified atom stereocenters. The summed E-state index contributed by atoms with van der Waals surface area (Å²) in [6, 6.07) is 7.70. The van der Waals surface area contributed by atoms with Crippen LogP contribution in [0.3, 0.4) is 0 Å². The first-order chi connectivity index (χ1) is 17.0. The summed E-state index contributed by atoms with van der Waals surface area (Å²) >= 11 is 0. The molecule has 2 aliphatic heterocycles. The molecule has 2 aliphatic rings. The van der Waals surface area contributed by atoms with Crippen LogP contribution in [0.4, 0.5) is 15.8 Å². The summed E-state index contributed by atoms with van der Waals surface area (Å²) in [5, 5.41) is 0. The van der Waals surface area contributed by atoms with E-state index >= 15 is 0 Å². The molecule has 8 nitrogen and oxygen atoms in total.